The van der Waals surface area contributed by atoms with E-state index in [1.165, 1.54) is 128 Å². The number of esters is 2. The molecule has 0 aliphatic carbocycles. The van der Waals surface area contributed by atoms with Crippen molar-refractivity contribution in [3.05, 3.63) is 48.6 Å². The van der Waals surface area contributed by atoms with Crippen molar-refractivity contribution in [3.8, 4) is 0 Å². The number of carbonyl (C=O) groups excluding carboxylic acids is 2. The number of ether oxygens (including phenoxy) is 2. The Morgan fingerprint density at radius 2 is 1.02 bits per heavy atom. The number of allylic oxidation sites excluding steroid dienone is 6. The van der Waals surface area contributed by atoms with E-state index in [0.29, 0.717) is 25.7 Å². The summed E-state index contributed by atoms with van der Waals surface area (Å²) in [6, 6.07) is 0. The third-order valence-electron chi connectivity index (χ3n) is 9.93. The predicted octanol–water partition coefficient (Wildman–Crippen LogP) is 13.3. The topological polar surface area (TPSA) is 140 Å². The van der Waals surface area contributed by atoms with Gasteiger partial charge in [-0.2, -0.15) is 0 Å². The highest BCUT2D eigenvalue weighted by molar-refractivity contribution is 7.46. The van der Waals surface area contributed by atoms with Crippen LogP contribution in [0.5, 0.6) is 0 Å². The molecule has 0 rings (SSSR count). The molecule has 0 aliphatic rings. The number of unbranched alkanes of at least 4 members (excludes halogenated alkanes) is 24. The van der Waals surface area contributed by atoms with Crippen LogP contribution in [0.2, 0.25) is 0 Å². The van der Waals surface area contributed by atoms with Gasteiger partial charge in [0.25, 0.3) is 0 Å². The van der Waals surface area contributed by atoms with E-state index in [9.17, 15) is 19.3 Å². The summed E-state index contributed by atoms with van der Waals surface area (Å²) in [4.78, 5) is 42.9. The van der Waals surface area contributed by atoms with Crippen molar-refractivity contribution in [1.82, 2.24) is 0 Å². The summed E-state index contributed by atoms with van der Waals surface area (Å²) in [6.45, 7) is 3.56. The Hall–Kier alpha value is -2.03. The number of hydrogen-bond donors (Lipinski definition) is 3. The normalized spacial score (nSPS) is 13.4. The molecule has 3 N–H and O–H groups in total. The highest BCUT2D eigenvalue weighted by atomic mass is 31.2. The second-order valence-electron chi connectivity index (χ2n) is 15.6. The average Bonchev–Trinajstić information content (AvgIpc) is 3.18. The molecule has 0 aromatic carbocycles. The van der Waals surface area contributed by atoms with Gasteiger partial charge in [0.05, 0.1) is 12.7 Å². The molecule has 0 heterocycles. The molecule has 0 radical (unpaired) electrons. The summed E-state index contributed by atoms with van der Waals surface area (Å²) in [5.74, 6) is -0.983. The highest BCUT2D eigenvalue weighted by Crippen LogP contribution is 2.36. The Balaban J connectivity index is 3.98. The van der Waals surface area contributed by atoms with Gasteiger partial charge in [-0.15, -0.1) is 0 Å². The Morgan fingerprint density at radius 1 is 0.544 bits per heavy atom. The van der Waals surface area contributed by atoms with E-state index in [0.717, 1.165) is 32.1 Å². The van der Waals surface area contributed by atoms with Gasteiger partial charge in [0.1, 0.15) is 6.61 Å². The van der Waals surface area contributed by atoms with E-state index in [-0.39, 0.29) is 19.4 Å². The molecule has 9 nitrogen and oxygen atoms in total. The lowest BCUT2D eigenvalue weighted by Crippen LogP contribution is -2.29. The summed E-state index contributed by atoms with van der Waals surface area (Å²) in [7, 11) is -4.78. The second-order valence-corrected chi connectivity index (χ2v) is 16.8. The zero-order chi connectivity index (χ0) is 41.9. The van der Waals surface area contributed by atoms with Crippen molar-refractivity contribution in [2.24, 2.45) is 0 Å². The van der Waals surface area contributed by atoms with Gasteiger partial charge in [-0.25, -0.2) is 4.57 Å². The van der Waals surface area contributed by atoms with Crippen LogP contribution in [-0.4, -0.2) is 52.3 Å². The van der Waals surface area contributed by atoms with E-state index in [4.69, 9.17) is 19.3 Å². The molecule has 57 heavy (non-hydrogen) atoms. The lowest BCUT2D eigenvalue weighted by Gasteiger charge is -2.18. The van der Waals surface area contributed by atoms with Gasteiger partial charge < -0.3 is 24.4 Å². The fourth-order valence-corrected chi connectivity index (χ4v) is 6.81. The first-order chi connectivity index (χ1) is 27.7. The Kier molecular flexibility index (Phi) is 40.6. The van der Waals surface area contributed by atoms with Crippen molar-refractivity contribution >= 4 is 19.8 Å². The van der Waals surface area contributed by atoms with Crippen LogP contribution in [-0.2, 0) is 28.2 Å². The first-order valence-electron chi connectivity index (χ1n) is 23.0. The largest absolute Gasteiger partial charge is 0.469 e. The molecule has 2 atom stereocenters. The van der Waals surface area contributed by atoms with Crippen molar-refractivity contribution in [2.75, 3.05) is 13.2 Å². The molecule has 0 unspecified atom stereocenters. The van der Waals surface area contributed by atoms with Crippen LogP contribution in [0.1, 0.15) is 213 Å². The molecule has 0 spiro atoms. The smallest absolute Gasteiger partial charge is 0.462 e. The van der Waals surface area contributed by atoms with Crippen molar-refractivity contribution in [2.45, 2.75) is 225 Å². The number of rotatable bonds is 42. The van der Waals surface area contributed by atoms with Gasteiger partial charge in [-0.3, -0.25) is 14.1 Å². The van der Waals surface area contributed by atoms with Crippen molar-refractivity contribution < 1.29 is 43.0 Å². The molecule has 0 aromatic heterocycles. The van der Waals surface area contributed by atoms with Crippen LogP contribution in [0.3, 0.4) is 0 Å². The molecule has 0 saturated heterocycles. The maximum atomic E-state index is 12.4. The lowest BCUT2D eigenvalue weighted by atomic mass is 10.0. The second kappa shape index (κ2) is 42.1. The van der Waals surface area contributed by atoms with E-state index in [2.05, 4.69) is 24.4 Å². The fraction of sp³-hybridized carbons (Fsp3) is 0.787. The molecule has 0 aliphatic heterocycles. The first-order valence-corrected chi connectivity index (χ1v) is 24.6. The molecule has 10 heteroatoms. The standard InChI is InChI=1S/C47H85O9P/c1-3-5-7-9-11-12-13-14-15-16-17-18-19-20-21-22-23-24-29-33-37-41-47(50)56-45(43-55-57(51,52)53)42-54-46(49)40-36-32-28-26-25-27-31-35-39-44(48)38-34-30-10-8-6-4-2/h26-28,30-31,34-35,39,44-45,48H,3-25,29,32-33,36-38,40-43H2,1-2H3,(H2,51,52,53)/b28-26-,31-27-,34-30-,39-35+/t44-,45-/m1/s1. The lowest BCUT2D eigenvalue weighted by molar-refractivity contribution is -0.161. The molecule has 0 fully saturated rings. The summed E-state index contributed by atoms with van der Waals surface area (Å²) in [6.07, 6.45) is 48.7. The fourth-order valence-electron chi connectivity index (χ4n) is 6.45. The number of hydrogen-bond acceptors (Lipinski definition) is 7. The quantitative estimate of drug-likeness (QED) is 0.0180. The zero-order valence-corrected chi connectivity index (χ0v) is 37.2. The zero-order valence-electron chi connectivity index (χ0n) is 36.3. The molecule has 0 saturated carbocycles. The number of aliphatic hydroxyl groups is 1. The molecule has 0 aromatic rings. The van der Waals surface area contributed by atoms with E-state index >= 15 is 0 Å². The molecule has 0 amide bonds. The van der Waals surface area contributed by atoms with Crippen LogP contribution in [0.4, 0.5) is 0 Å². The third-order valence-corrected chi connectivity index (χ3v) is 10.4. The van der Waals surface area contributed by atoms with Crippen LogP contribution < -0.4 is 0 Å². The summed E-state index contributed by atoms with van der Waals surface area (Å²) in [5.41, 5.74) is 0. The summed E-state index contributed by atoms with van der Waals surface area (Å²) in [5, 5.41) is 10.0. The number of carbonyl (C=O) groups is 2. The Labute approximate surface area is 348 Å². The monoisotopic (exact) mass is 825 g/mol. The van der Waals surface area contributed by atoms with E-state index in [1.54, 1.807) is 6.08 Å². The Bertz CT molecular complexity index is 1080. The molecular weight excluding hydrogens is 739 g/mol. The number of aliphatic hydroxyl groups excluding tert-OH is 1. The third kappa shape index (κ3) is 44.9. The summed E-state index contributed by atoms with van der Waals surface area (Å²) < 4.78 is 26.4. The highest BCUT2D eigenvalue weighted by Gasteiger charge is 2.22. The number of phosphoric ester groups is 1. The van der Waals surface area contributed by atoms with Crippen molar-refractivity contribution in [1.29, 1.82) is 0 Å². The molecule has 0 bridgehead atoms. The van der Waals surface area contributed by atoms with Crippen LogP contribution in [0, 0.1) is 0 Å². The van der Waals surface area contributed by atoms with Crippen LogP contribution >= 0.6 is 7.82 Å². The van der Waals surface area contributed by atoms with Crippen molar-refractivity contribution in [3.63, 3.8) is 0 Å². The van der Waals surface area contributed by atoms with Gasteiger partial charge in [0.15, 0.2) is 6.10 Å². The van der Waals surface area contributed by atoms with Gasteiger partial charge >= 0.3 is 19.8 Å². The maximum Gasteiger partial charge on any atom is 0.469 e. The van der Waals surface area contributed by atoms with Gasteiger partial charge in [-0.05, 0) is 44.9 Å². The maximum absolute atomic E-state index is 12.4. The minimum absolute atomic E-state index is 0.160. The van der Waals surface area contributed by atoms with Crippen LogP contribution in [0.25, 0.3) is 0 Å². The predicted molar refractivity (Wildman–Crippen MR) is 236 cm³/mol. The van der Waals surface area contributed by atoms with E-state index in [1.807, 2.05) is 36.5 Å². The number of phosphoric acid groups is 1. The summed E-state index contributed by atoms with van der Waals surface area (Å²) >= 11 is 0. The van der Waals surface area contributed by atoms with Gasteiger partial charge in [0.2, 0.25) is 0 Å². The average molecular weight is 825 g/mol. The Morgan fingerprint density at radius 3 is 1.56 bits per heavy atom. The van der Waals surface area contributed by atoms with Gasteiger partial charge in [-0.1, -0.05) is 204 Å². The molecule has 332 valence electrons. The minimum atomic E-state index is -4.78. The first kappa shape index (κ1) is 55.0. The minimum Gasteiger partial charge on any atom is -0.462 e. The SMILES string of the molecule is CCCCC/C=C\C[C@@H](O)/C=C/C=C\C/C=C\CCCC(=O)OC[C@H](COP(=O)(O)O)OC(=O)CCCCCCCCCCCCCCCCCCCCCCC. The van der Waals surface area contributed by atoms with Crippen LogP contribution in [0.15, 0.2) is 48.6 Å². The van der Waals surface area contributed by atoms with E-state index < -0.39 is 38.6 Å². The van der Waals surface area contributed by atoms with Gasteiger partial charge in [0, 0.05) is 12.8 Å². The molecular formula is C47H85O9P.